The van der Waals surface area contributed by atoms with E-state index < -0.39 is 0 Å². The van der Waals surface area contributed by atoms with Crippen molar-refractivity contribution < 1.29 is 0 Å². The van der Waals surface area contributed by atoms with Crippen molar-refractivity contribution in [3.05, 3.63) is 90.8 Å². The molecule has 2 N–H and O–H groups in total. The summed E-state index contributed by atoms with van der Waals surface area (Å²) in [4.78, 5) is 17.3. The number of rotatable bonds is 6. The molecule has 0 aliphatic carbocycles. The smallest absolute Gasteiger partial charge is 0.155 e. The molecular weight excluding hydrogens is 422 g/mol. The van der Waals surface area contributed by atoms with Crippen LogP contribution in [0.4, 0.5) is 5.69 Å². The number of aromatic amines is 1. The minimum absolute atomic E-state index is 0. The fourth-order valence-electron chi connectivity index (χ4n) is 3.50. The molecule has 0 unspecified atom stereocenters. The molecule has 0 aliphatic heterocycles. The molecule has 0 saturated carbocycles. The molecule has 0 amide bonds. The van der Waals surface area contributed by atoms with E-state index in [4.69, 9.17) is 9.97 Å². The molecule has 160 valence electrons. The van der Waals surface area contributed by atoms with E-state index in [-0.39, 0.29) is 12.4 Å². The molecule has 0 radical (unpaired) electrons. The summed E-state index contributed by atoms with van der Waals surface area (Å²) in [7, 11) is 0. The van der Waals surface area contributed by atoms with Gasteiger partial charge >= 0.3 is 0 Å². The molecule has 32 heavy (non-hydrogen) atoms. The number of H-pyrrole nitrogens is 1. The highest BCUT2D eigenvalue weighted by molar-refractivity contribution is 5.85. The number of hydrogen-bond donors (Lipinski definition) is 2. The number of nitrogens with one attached hydrogen (secondary N) is 2. The first-order valence-electron chi connectivity index (χ1n) is 9.99. The second-order valence-corrected chi connectivity index (χ2v) is 7.24. The molecule has 4 aromatic heterocycles. The summed E-state index contributed by atoms with van der Waals surface area (Å²) in [6, 6.07) is 18.0. The van der Waals surface area contributed by atoms with Crippen LogP contribution in [0.5, 0.6) is 0 Å². The van der Waals surface area contributed by atoms with Gasteiger partial charge in [-0.1, -0.05) is 30.9 Å². The Morgan fingerprint density at radius 2 is 1.97 bits per heavy atom. The number of halogens is 1. The van der Waals surface area contributed by atoms with Gasteiger partial charge in [0, 0.05) is 23.1 Å². The van der Waals surface area contributed by atoms with E-state index in [1.807, 2.05) is 67.7 Å². The Morgan fingerprint density at radius 1 is 1.09 bits per heavy atom. The van der Waals surface area contributed by atoms with Crippen LogP contribution in [-0.4, -0.2) is 29.5 Å². The Labute approximate surface area is 191 Å². The van der Waals surface area contributed by atoms with Crippen molar-refractivity contribution in [2.75, 3.05) is 5.32 Å². The molecular formula is C24H22ClN7. The highest BCUT2D eigenvalue weighted by atomic mass is 35.5. The monoisotopic (exact) mass is 443 g/mol. The van der Waals surface area contributed by atoms with Crippen molar-refractivity contribution >= 4 is 29.8 Å². The maximum absolute atomic E-state index is 4.90. The van der Waals surface area contributed by atoms with Crippen molar-refractivity contribution in [1.29, 1.82) is 0 Å². The maximum atomic E-state index is 4.90. The molecule has 7 nitrogen and oxygen atoms in total. The van der Waals surface area contributed by atoms with Crippen LogP contribution in [0.25, 0.3) is 34.4 Å². The summed E-state index contributed by atoms with van der Waals surface area (Å²) >= 11 is 0. The zero-order valence-electron chi connectivity index (χ0n) is 17.5. The fraction of sp³-hybridized carbons (Fsp3) is 0.0833. The highest BCUT2D eigenvalue weighted by Crippen LogP contribution is 2.29. The summed E-state index contributed by atoms with van der Waals surface area (Å²) in [5, 5.41) is 7.68. The summed E-state index contributed by atoms with van der Waals surface area (Å²) in [6.45, 7) is 6.36. The first-order valence-corrected chi connectivity index (χ1v) is 9.99. The Hall–Kier alpha value is -3.97. The van der Waals surface area contributed by atoms with Gasteiger partial charge in [-0.15, -0.1) is 12.4 Å². The number of aromatic nitrogens is 6. The Balaban J connectivity index is 0.00000245. The van der Waals surface area contributed by atoms with Crippen molar-refractivity contribution in [2.45, 2.75) is 13.5 Å². The predicted molar refractivity (Wildman–Crippen MR) is 130 cm³/mol. The van der Waals surface area contributed by atoms with Gasteiger partial charge in [0.15, 0.2) is 5.65 Å². The highest BCUT2D eigenvalue weighted by Gasteiger charge is 2.16. The van der Waals surface area contributed by atoms with Crippen LogP contribution in [-0.2, 0) is 6.54 Å². The summed E-state index contributed by atoms with van der Waals surface area (Å²) in [6.07, 6.45) is 5.31. The topological polar surface area (TPSA) is 83.8 Å². The number of pyridine rings is 2. The minimum Gasteiger partial charge on any atom is -0.378 e. The molecule has 0 spiro atoms. The van der Waals surface area contributed by atoms with E-state index in [2.05, 4.69) is 33.0 Å². The second kappa shape index (κ2) is 9.03. The Morgan fingerprint density at radius 3 is 2.81 bits per heavy atom. The third-order valence-corrected chi connectivity index (χ3v) is 5.03. The number of nitrogens with zero attached hydrogens (tertiary/aromatic N) is 5. The van der Waals surface area contributed by atoms with Gasteiger partial charge in [-0.3, -0.25) is 4.98 Å². The van der Waals surface area contributed by atoms with Crippen LogP contribution >= 0.6 is 12.4 Å². The normalized spacial score (nSPS) is 10.7. The number of hydrogen-bond acceptors (Lipinski definition) is 5. The van der Waals surface area contributed by atoms with Gasteiger partial charge in [-0.2, -0.15) is 5.10 Å². The molecule has 0 aliphatic rings. The second-order valence-electron chi connectivity index (χ2n) is 7.24. The summed E-state index contributed by atoms with van der Waals surface area (Å²) < 4.78 is 1.75. The summed E-state index contributed by atoms with van der Waals surface area (Å²) in [5.74, 6) is 0.816. The minimum atomic E-state index is 0. The van der Waals surface area contributed by atoms with Gasteiger partial charge in [0.05, 0.1) is 23.6 Å². The van der Waals surface area contributed by atoms with Crippen molar-refractivity contribution in [1.82, 2.24) is 29.5 Å². The zero-order valence-corrected chi connectivity index (χ0v) is 18.3. The van der Waals surface area contributed by atoms with Gasteiger partial charge in [0.1, 0.15) is 12.2 Å². The molecule has 0 saturated heterocycles. The zero-order chi connectivity index (χ0) is 21.2. The number of fused-ring (bicyclic) bond motifs is 1. The third-order valence-electron chi connectivity index (χ3n) is 5.03. The Kier molecular flexibility index (Phi) is 6.00. The van der Waals surface area contributed by atoms with E-state index in [1.165, 1.54) is 0 Å². The maximum Gasteiger partial charge on any atom is 0.155 e. The molecule has 4 heterocycles. The molecule has 8 heteroatoms. The number of anilines is 1. The van der Waals surface area contributed by atoms with E-state index in [1.54, 1.807) is 10.8 Å². The molecule has 0 bridgehead atoms. The quantitative estimate of drug-likeness (QED) is 0.378. The van der Waals surface area contributed by atoms with Crippen molar-refractivity contribution in [3.63, 3.8) is 0 Å². The predicted octanol–water partition coefficient (Wildman–Crippen LogP) is 5.17. The van der Waals surface area contributed by atoms with Crippen LogP contribution in [0.15, 0.2) is 73.7 Å². The SMILES string of the molecule is C=Cc1cccc(NCc2nc(-c3ccc4ncnn4c3)c(-c3cccc(C)n3)[nH]2)c1.Cl. The van der Waals surface area contributed by atoms with Crippen LogP contribution in [0, 0.1) is 6.92 Å². The average molecular weight is 444 g/mol. The summed E-state index contributed by atoms with van der Waals surface area (Å²) in [5.41, 5.74) is 7.30. The molecule has 1 aromatic carbocycles. The lowest BCUT2D eigenvalue weighted by Crippen LogP contribution is -2.01. The van der Waals surface area contributed by atoms with Gasteiger partial charge in [-0.25, -0.2) is 14.5 Å². The lowest BCUT2D eigenvalue weighted by molar-refractivity contribution is 0.960. The van der Waals surface area contributed by atoms with E-state index in [0.29, 0.717) is 6.54 Å². The molecule has 0 fully saturated rings. The Bertz CT molecular complexity index is 1390. The lowest BCUT2D eigenvalue weighted by atomic mass is 10.1. The van der Waals surface area contributed by atoms with Gasteiger partial charge in [0.25, 0.3) is 0 Å². The number of imidazole rings is 1. The van der Waals surface area contributed by atoms with E-state index >= 15 is 0 Å². The van der Waals surface area contributed by atoms with Gasteiger partial charge < -0.3 is 10.3 Å². The standard InChI is InChI=1S/C24H21N7.ClH/c1-3-17-7-5-8-19(12-17)25-13-21-29-23(18-10-11-22-26-15-27-31(22)14-18)24(30-21)20-9-4-6-16(2)28-20;/h3-12,14-15,25H,1,13H2,2H3,(H,29,30);1H. The van der Waals surface area contributed by atoms with Gasteiger partial charge in [-0.05, 0) is 48.9 Å². The van der Waals surface area contributed by atoms with Crippen LogP contribution in [0.1, 0.15) is 17.1 Å². The van der Waals surface area contributed by atoms with Gasteiger partial charge in [0.2, 0.25) is 0 Å². The first-order chi connectivity index (χ1) is 15.2. The largest absolute Gasteiger partial charge is 0.378 e. The van der Waals surface area contributed by atoms with Crippen molar-refractivity contribution in [2.24, 2.45) is 0 Å². The fourth-order valence-corrected chi connectivity index (χ4v) is 3.50. The lowest BCUT2D eigenvalue weighted by Gasteiger charge is -2.05. The molecule has 0 atom stereocenters. The number of benzene rings is 1. The average Bonchev–Trinajstić information content (AvgIpc) is 3.44. The molecule has 5 aromatic rings. The number of aryl methyl sites for hydroxylation is 1. The van der Waals surface area contributed by atoms with Crippen molar-refractivity contribution in [3.8, 4) is 22.6 Å². The van der Waals surface area contributed by atoms with Crippen LogP contribution < -0.4 is 5.32 Å². The van der Waals surface area contributed by atoms with E-state index in [0.717, 1.165) is 51.1 Å². The third kappa shape index (κ3) is 4.24. The van der Waals surface area contributed by atoms with Crippen LogP contribution in [0.3, 0.4) is 0 Å². The molecule has 5 rings (SSSR count). The van der Waals surface area contributed by atoms with E-state index in [9.17, 15) is 0 Å². The first kappa shape index (κ1) is 21.3. The van der Waals surface area contributed by atoms with Crippen LogP contribution in [0.2, 0.25) is 0 Å².